The Bertz CT molecular complexity index is 276. The number of ether oxygens (including phenoxy) is 1. The first kappa shape index (κ1) is 11.9. The standard InChI is InChI=1S/C13H18NO/c1-3-8-13(15-4-2)11-14-12-9-6-5-7-10-12/h3,5-7,9-11,13H,4,8H2,1-2H3. The van der Waals surface area contributed by atoms with Gasteiger partial charge in [0, 0.05) is 12.8 Å². The monoisotopic (exact) mass is 204 g/mol. The topological polar surface area (TPSA) is 21.6 Å². The normalized spacial score (nSPS) is 13.2. The number of benzene rings is 1. The SMILES string of the molecule is C[CH]CC(C=Nc1ccccc1)OCC. The molecule has 0 aliphatic rings. The van der Waals surface area contributed by atoms with Crippen LogP contribution < -0.4 is 0 Å². The first-order valence-electron chi connectivity index (χ1n) is 5.35. The van der Waals surface area contributed by atoms with Crippen molar-refractivity contribution in [2.24, 2.45) is 4.99 Å². The minimum Gasteiger partial charge on any atom is -0.373 e. The van der Waals surface area contributed by atoms with E-state index in [0.717, 1.165) is 18.7 Å². The van der Waals surface area contributed by atoms with Crippen LogP contribution in [0.15, 0.2) is 35.3 Å². The van der Waals surface area contributed by atoms with Crippen molar-refractivity contribution in [3.63, 3.8) is 0 Å². The van der Waals surface area contributed by atoms with Crippen LogP contribution in [0, 0.1) is 6.42 Å². The van der Waals surface area contributed by atoms with E-state index < -0.39 is 0 Å². The van der Waals surface area contributed by atoms with E-state index in [-0.39, 0.29) is 6.10 Å². The van der Waals surface area contributed by atoms with Crippen LogP contribution in [0.1, 0.15) is 20.3 Å². The number of hydrogen-bond acceptors (Lipinski definition) is 2. The Morgan fingerprint density at radius 1 is 1.33 bits per heavy atom. The lowest BCUT2D eigenvalue weighted by atomic mass is 10.2. The second-order valence-electron chi connectivity index (χ2n) is 3.25. The van der Waals surface area contributed by atoms with Gasteiger partial charge in [-0.15, -0.1) is 0 Å². The lowest BCUT2D eigenvalue weighted by Crippen LogP contribution is -2.13. The number of hydrogen-bond donors (Lipinski definition) is 0. The summed E-state index contributed by atoms with van der Waals surface area (Å²) in [5.41, 5.74) is 0.971. The molecule has 0 spiro atoms. The van der Waals surface area contributed by atoms with Crippen molar-refractivity contribution in [2.75, 3.05) is 6.61 Å². The molecule has 0 aliphatic heterocycles. The van der Waals surface area contributed by atoms with Crippen LogP contribution >= 0.6 is 0 Å². The van der Waals surface area contributed by atoms with E-state index in [2.05, 4.69) is 11.4 Å². The summed E-state index contributed by atoms with van der Waals surface area (Å²) in [5, 5.41) is 0. The summed E-state index contributed by atoms with van der Waals surface area (Å²) in [6.45, 7) is 4.75. The van der Waals surface area contributed by atoms with Crippen LogP contribution in [0.4, 0.5) is 5.69 Å². The molecule has 0 bridgehead atoms. The van der Waals surface area contributed by atoms with Crippen molar-refractivity contribution in [1.82, 2.24) is 0 Å². The van der Waals surface area contributed by atoms with Gasteiger partial charge in [0.15, 0.2) is 0 Å². The molecule has 0 aliphatic carbocycles. The smallest absolute Gasteiger partial charge is 0.0928 e. The molecular weight excluding hydrogens is 186 g/mol. The molecule has 1 aromatic carbocycles. The van der Waals surface area contributed by atoms with E-state index in [0.29, 0.717) is 0 Å². The summed E-state index contributed by atoms with van der Waals surface area (Å²) in [6, 6.07) is 9.91. The van der Waals surface area contributed by atoms with Gasteiger partial charge in [-0.3, -0.25) is 4.99 Å². The highest BCUT2D eigenvalue weighted by molar-refractivity contribution is 5.67. The lowest BCUT2D eigenvalue weighted by molar-refractivity contribution is 0.112. The molecule has 0 amide bonds. The summed E-state index contributed by atoms with van der Waals surface area (Å²) in [7, 11) is 0. The highest BCUT2D eigenvalue weighted by Crippen LogP contribution is 2.10. The Morgan fingerprint density at radius 3 is 2.67 bits per heavy atom. The fraction of sp³-hybridized carbons (Fsp3) is 0.385. The van der Waals surface area contributed by atoms with E-state index in [1.807, 2.05) is 50.4 Å². The second kappa shape index (κ2) is 7.18. The summed E-state index contributed by atoms with van der Waals surface area (Å²) >= 11 is 0. The van der Waals surface area contributed by atoms with Gasteiger partial charge >= 0.3 is 0 Å². The molecule has 0 saturated carbocycles. The van der Waals surface area contributed by atoms with E-state index in [1.54, 1.807) is 0 Å². The van der Waals surface area contributed by atoms with Gasteiger partial charge in [-0.25, -0.2) is 0 Å². The lowest BCUT2D eigenvalue weighted by Gasteiger charge is -2.10. The zero-order chi connectivity index (χ0) is 10.9. The Hall–Kier alpha value is -1.15. The summed E-state index contributed by atoms with van der Waals surface area (Å²) < 4.78 is 5.52. The van der Waals surface area contributed by atoms with Gasteiger partial charge in [0.25, 0.3) is 0 Å². The molecule has 1 rings (SSSR count). The minimum atomic E-state index is 0.0974. The molecule has 81 valence electrons. The Kier molecular flexibility index (Phi) is 5.71. The second-order valence-corrected chi connectivity index (χ2v) is 3.25. The zero-order valence-corrected chi connectivity index (χ0v) is 9.39. The fourth-order valence-electron chi connectivity index (χ4n) is 1.30. The van der Waals surface area contributed by atoms with Crippen LogP contribution in [-0.2, 0) is 4.74 Å². The van der Waals surface area contributed by atoms with Crippen molar-refractivity contribution in [3.05, 3.63) is 36.8 Å². The summed E-state index contributed by atoms with van der Waals surface area (Å²) in [6.07, 6.45) is 4.97. The van der Waals surface area contributed by atoms with Crippen molar-refractivity contribution in [2.45, 2.75) is 26.4 Å². The summed E-state index contributed by atoms with van der Waals surface area (Å²) in [4.78, 5) is 4.37. The largest absolute Gasteiger partial charge is 0.373 e. The summed E-state index contributed by atoms with van der Waals surface area (Å²) in [5.74, 6) is 0. The third kappa shape index (κ3) is 4.75. The number of para-hydroxylation sites is 1. The van der Waals surface area contributed by atoms with Crippen LogP contribution in [-0.4, -0.2) is 18.9 Å². The highest BCUT2D eigenvalue weighted by Gasteiger charge is 2.02. The Labute approximate surface area is 92.0 Å². The molecule has 1 radical (unpaired) electrons. The molecule has 1 aromatic rings. The third-order valence-corrected chi connectivity index (χ3v) is 1.99. The van der Waals surface area contributed by atoms with Crippen LogP contribution in [0.25, 0.3) is 0 Å². The van der Waals surface area contributed by atoms with Gasteiger partial charge in [0.05, 0.1) is 11.8 Å². The van der Waals surface area contributed by atoms with Gasteiger partial charge < -0.3 is 4.74 Å². The quantitative estimate of drug-likeness (QED) is 0.651. The molecule has 0 aromatic heterocycles. The molecule has 0 N–H and O–H groups in total. The predicted octanol–water partition coefficient (Wildman–Crippen LogP) is 3.41. The van der Waals surface area contributed by atoms with Crippen LogP contribution in [0.3, 0.4) is 0 Å². The van der Waals surface area contributed by atoms with E-state index in [4.69, 9.17) is 4.74 Å². The third-order valence-electron chi connectivity index (χ3n) is 1.99. The maximum absolute atomic E-state index is 5.52. The van der Waals surface area contributed by atoms with E-state index in [1.165, 1.54) is 0 Å². The first-order chi connectivity index (χ1) is 7.36. The molecule has 0 fully saturated rings. The van der Waals surface area contributed by atoms with E-state index >= 15 is 0 Å². The molecular formula is C13H18NO. The van der Waals surface area contributed by atoms with Gasteiger partial charge in [0.1, 0.15) is 0 Å². The number of aliphatic imine (C=N–C) groups is 1. The van der Waals surface area contributed by atoms with Crippen molar-refractivity contribution >= 4 is 11.9 Å². The van der Waals surface area contributed by atoms with Crippen molar-refractivity contribution in [3.8, 4) is 0 Å². The molecule has 2 heteroatoms. The maximum Gasteiger partial charge on any atom is 0.0928 e. The van der Waals surface area contributed by atoms with Gasteiger partial charge in [-0.2, -0.15) is 0 Å². The van der Waals surface area contributed by atoms with E-state index in [9.17, 15) is 0 Å². The molecule has 0 heterocycles. The predicted molar refractivity (Wildman–Crippen MR) is 64.6 cm³/mol. The number of rotatable bonds is 6. The Morgan fingerprint density at radius 2 is 2.07 bits per heavy atom. The maximum atomic E-state index is 5.52. The minimum absolute atomic E-state index is 0.0974. The molecule has 15 heavy (non-hydrogen) atoms. The molecule has 1 atom stereocenters. The van der Waals surface area contributed by atoms with Crippen molar-refractivity contribution < 1.29 is 4.74 Å². The van der Waals surface area contributed by atoms with Crippen LogP contribution in [0.5, 0.6) is 0 Å². The van der Waals surface area contributed by atoms with Gasteiger partial charge in [0.2, 0.25) is 0 Å². The van der Waals surface area contributed by atoms with Gasteiger partial charge in [-0.05, 0) is 31.9 Å². The van der Waals surface area contributed by atoms with Gasteiger partial charge in [-0.1, -0.05) is 25.1 Å². The first-order valence-corrected chi connectivity index (χ1v) is 5.35. The van der Waals surface area contributed by atoms with Crippen molar-refractivity contribution in [1.29, 1.82) is 0 Å². The zero-order valence-electron chi connectivity index (χ0n) is 9.39. The highest BCUT2D eigenvalue weighted by atomic mass is 16.5. The fourth-order valence-corrected chi connectivity index (χ4v) is 1.30. The Balaban J connectivity index is 2.53. The average molecular weight is 204 g/mol. The molecule has 1 unspecified atom stereocenters. The van der Waals surface area contributed by atoms with Crippen LogP contribution in [0.2, 0.25) is 0 Å². The molecule has 0 saturated heterocycles. The average Bonchev–Trinajstić information content (AvgIpc) is 2.28. The number of nitrogens with zero attached hydrogens (tertiary/aromatic N) is 1. The molecule has 2 nitrogen and oxygen atoms in total.